The Morgan fingerprint density at radius 1 is 0.632 bits per heavy atom. The van der Waals surface area contributed by atoms with Crippen molar-refractivity contribution in [1.29, 1.82) is 0 Å². The monoisotopic (exact) mass is 420 g/mol. The molecule has 0 amide bonds. The van der Waals surface area contributed by atoms with Gasteiger partial charge in [-0.3, -0.25) is 0 Å². The number of hydrogen-bond acceptors (Lipinski definition) is 6. The predicted molar refractivity (Wildman–Crippen MR) is 59.7 cm³/mol. The van der Waals surface area contributed by atoms with Crippen molar-refractivity contribution >= 4 is 17.9 Å². The molecular weight excluding hydrogens is 399 g/mol. The molecule has 0 bridgehead atoms. The van der Waals surface area contributed by atoms with Crippen LogP contribution in [0.15, 0.2) is 0 Å². The van der Waals surface area contributed by atoms with Crippen molar-refractivity contribution in [1.82, 2.24) is 0 Å². The van der Waals surface area contributed by atoms with Gasteiger partial charge in [0.1, 0.15) is 0 Å². The molecule has 0 N–H and O–H groups in total. The number of rotatable bonds is 6. The van der Waals surface area contributed by atoms with Crippen LogP contribution in [0.4, 0.5) is 0 Å². The first-order chi connectivity index (χ1) is 8.31. The maximum Gasteiger partial charge on any atom is 3.00 e. The van der Waals surface area contributed by atoms with Gasteiger partial charge in [0.05, 0.1) is 0 Å². The summed E-state index contributed by atoms with van der Waals surface area (Å²) in [5.41, 5.74) is 0. The Kier molecular flexibility index (Phi) is 32.6. The molecule has 114 valence electrons. The van der Waals surface area contributed by atoms with Crippen LogP contribution in [-0.4, -0.2) is 17.9 Å². The normalized spacial score (nSPS) is 7.74. The second-order valence-electron chi connectivity index (χ2n) is 3.37. The number of carbonyl (C=O) groups excluding carboxylic acids is 3. The molecule has 0 unspecified atom stereocenters. The average molecular weight is 420 g/mol. The van der Waals surface area contributed by atoms with Gasteiger partial charge in [0.15, 0.2) is 0 Å². The summed E-state index contributed by atoms with van der Waals surface area (Å²) < 4.78 is 0. The van der Waals surface area contributed by atoms with Crippen LogP contribution >= 0.6 is 0 Å². The summed E-state index contributed by atoms with van der Waals surface area (Å²) in [7, 11) is 0. The zero-order valence-electron chi connectivity index (χ0n) is 11.5. The van der Waals surface area contributed by atoms with E-state index in [1.165, 1.54) is 0 Å². The summed E-state index contributed by atoms with van der Waals surface area (Å²) in [5, 5.41) is 28.5. The van der Waals surface area contributed by atoms with E-state index in [2.05, 4.69) is 0 Å². The first-order valence-electron chi connectivity index (χ1n) is 5.91. The molecule has 19 heavy (non-hydrogen) atoms. The van der Waals surface area contributed by atoms with Crippen LogP contribution in [-0.2, 0) is 14.4 Å². The van der Waals surface area contributed by atoms with Crippen LogP contribution in [0.5, 0.6) is 0 Å². The molecule has 0 heterocycles. The van der Waals surface area contributed by atoms with Gasteiger partial charge in [0.25, 0.3) is 0 Å². The van der Waals surface area contributed by atoms with Crippen LogP contribution in [0.2, 0.25) is 0 Å². The molecule has 0 aliphatic heterocycles. The zero-order valence-corrected chi connectivity index (χ0v) is 13.7. The van der Waals surface area contributed by atoms with Crippen molar-refractivity contribution in [2.24, 2.45) is 0 Å². The molecule has 0 aliphatic rings. The second-order valence-corrected chi connectivity index (χ2v) is 3.37. The Morgan fingerprint density at radius 2 is 0.789 bits per heavy atom. The van der Waals surface area contributed by atoms with Crippen molar-refractivity contribution in [3.8, 4) is 0 Å². The Morgan fingerprint density at radius 3 is 0.789 bits per heavy atom. The van der Waals surface area contributed by atoms with Crippen LogP contribution in [0.25, 0.3) is 0 Å². The van der Waals surface area contributed by atoms with Gasteiger partial charge in [0, 0.05) is 17.9 Å². The standard InChI is InChI=1S/3C4H8O2.Tb/c3*1-2-3-4(5)6;/h3*2-3H2,1H3,(H,5,6);/q;;;+3/p-3. The zero-order chi connectivity index (χ0) is 15.0. The summed E-state index contributed by atoms with van der Waals surface area (Å²) in [6, 6.07) is 0. The third-order valence-electron chi connectivity index (χ3n) is 1.36. The van der Waals surface area contributed by atoms with E-state index >= 15 is 0 Å². The van der Waals surface area contributed by atoms with Gasteiger partial charge in [-0.15, -0.1) is 0 Å². The molecule has 0 saturated heterocycles. The summed E-state index contributed by atoms with van der Waals surface area (Å²) in [6.45, 7) is 5.40. The Bertz CT molecular complexity index is 192. The van der Waals surface area contributed by atoms with E-state index in [1.807, 2.05) is 0 Å². The molecule has 0 aliphatic carbocycles. The van der Waals surface area contributed by atoms with Crippen molar-refractivity contribution in [2.75, 3.05) is 0 Å². The molecule has 6 nitrogen and oxygen atoms in total. The molecule has 0 fully saturated rings. The van der Waals surface area contributed by atoms with Crippen molar-refractivity contribution in [3.63, 3.8) is 0 Å². The second kappa shape index (κ2) is 22.8. The molecule has 0 saturated carbocycles. The van der Waals surface area contributed by atoms with Crippen LogP contribution in [0.1, 0.15) is 59.3 Å². The van der Waals surface area contributed by atoms with Crippen molar-refractivity contribution < 1.29 is 68.3 Å². The van der Waals surface area contributed by atoms with Crippen molar-refractivity contribution in [2.45, 2.75) is 59.3 Å². The maximum atomic E-state index is 9.49. The number of hydrogen-bond donors (Lipinski definition) is 0. The van der Waals surface area contributed by atoms with E-state index in [0.717, 1.165) is 0 Å². The average Bonchev–Trinajstić information content (AvgIpc) is 2.18. The number of carboxylic acids is 3. The van der Waals surface area contributed by atoms with Gasteiger partial charge in [-0.05, 0) is 19.3 Å². The molecule has 0 spiro atoms. The first kappa shape index (κ1) is 27.1. The van der Waals surface area contributed by atoms with E-state index < -0.39 is 17.9 Å². The fourth-order valence-electron chi connectivity index (χ4n) is 0.612. The maximum absolute atomic E-state index is 9.49. The third kappa shape index (κ3) is 57.7. The van der Waals surface area contributed by atoms with Gasteiger partial charge in [-0.2, -0.15) is 0 Å². The molecule has 0 aromatic rings. The van der Waals surface area contributed by atoms with Crippen LogP contribution in [0, 0.1) is 38.6 Å². The minimum absolute atomic E-state index is 0. The minimum atomic E-state index is -0.961. The summed E-state index contributed by atoms with van der Waals surface area (Å²) in [4.78, 5) is 28.5. The molecule has 0 atom stereocenters. The Hall–Kier alpha value is -0.304. The smallest absolute Gasteiger partial charge is 0.550 e. The molecule has 0 rings (SSSR count). The van der Waals surface area contributed by atoms with Crippen LogP contribution < -0.4 is 15.3 Å². The van der Waals surface area contributed by atoms with E-state index in [4.69, 9.17) is 0 Å². The van der Waals surface area contributed by atoms with E-state index in [-0.39, 0.29) is 57.9 Å². The van der Waals surface area contributed by atoms with Gasteiger partial charge >= 0.3 is 38.6 Å². The number of carbonyl (C=O) groups is 3. The van der Waals surface area contributed by atoms with E-state index in [1.54, 1.807) is 20.8 Å². The molecule has 0 aromatic heterocycles. The topological polar surface area (TPSA) is 120 Å². The third-order valence-corrected chi connectivity index (χ3v) is 1.36. The summed E-state index contributed by atoms with van der Waals surface area (Å²) >= 11 is 0. The van der Waals surface area contributed by atoms with E-state index in [9.17, 15) is 29.7 Å². The van der Waals surface area contributed by atoms with Crippen LogP contribution in [0.3, 0.4) is 0 Å². The van der Waals surface area contributed by atoms with Gasteiger partial charge in [-0.25, -0.2) is 0 Å². The summed E-state index contributed by atoms with van der Waals surface area (Å²) in [5.74, 6) is -2.88. The van der Waals surface area contributed by atoms with E-state index in [0.29, 0.717) is 19.3 Å². The Balaban J connectivity index is -0.0000000865. The molecule has 0 radical (unpaired) electrons. The number of aliphatic carboxylic acids is 3. The first-order valence-corrected chi connectivity index (χ1v) is 5.91. The summed E-state index contributed by atoms with van der Waals surface area (Å²) in [6.07, 6.45) is 2.55. The van der Waals surface area contributed by atoms with Crippen molar-refractivity contribution in [3.05, 3.63) is 0 Å². The fourth-order valence-corrected chi connectivity index (χ4v) is 0.612. The van der Waals surface area contributed by atoms with Gasteiger partial charge in [-0.1, -0.05) is 40.0 Å². The minimum Gasteiger partial charge on any atom is -0.550 e. The largest absolute Gasteiger partial charge is 3.00 e. The molecule has 0 aromatic carbocycles. The SMILES string of the molecule is CCCC(=O)[O-].CCCC(=O)[O-].CCCC(=O)[O-].[Tb+3]. The fraction of sp³-hybridized carbons (Fsp3) is 0.750. The van der Waals surface area contributed by atoms with Gasteiger partial charge < -0.3 is 29.7 Å². The molecule has 7 heteroatoms. The Labute approximate surface area is 145 Å². The quantitative estimate of drug-likeness (QED) is 0.522. The number of carboxylic acid groups (broad SMARTS) is 3. The predicted octanol–water partition coefficient (Wildman–Crippen LogP) is -1.39. The van der Waals surface area contributed by atoms with Gasteiger partial charge in [0.2, 0.25) is 0 Å². The molecular formula is C12H21O6Tb.